The molecular formula is C14H21N2O7P. The Bertz CT molecular complexity index is 647. The fourth-order valence-corrected chi connectivity index (χ4v) is 3.85. The highest BCUT2D eigenvalue weighted by Crippen LogP contribution is 2.46. The zero-order chi connectivity index (χ0) is 18.5. The Morgan fingerprint density at radius 2 is 1.96 bits per heavy atom. The molecule has 0 aliphatic rings. The van der Waals surface area contributed by atoms with Gasteiger partial charge in [-0.25, -0.2) is 5.09 Å². The fourth-order valence-electron chi connectivity index (χ4n) is 1.83. The zero-order valence-electron chi connectivity index (χ0n) is 13.9. The Morgan fingerprint density at radius 1 is 1.42 bits per heavy atom. The van der Waals surface area contributed by atoms with E-state index in [0.717, 1.165) is 0 Å². The quantitative estimate of drug-likeness (QED) is 0.391. The van der Waals surface area contributed by atoms with E-state index in [0.29, 0.717) is 0 Å². The number of non-ortho nitro benzene ring substituents is 1. The Morgan fingerprint density at radius 3 is 2.33 bits per heavy atom. The largest absolute Gasteiger partial charge is 0.480 e. The minimum absolute atomic E-state index is 0.102. The molecule has 1 rings (SSSR count). The van der Waals surface area contributed by atoms with Gasteiger partial charge in [-0.15, -0.1) is 0 Å². The molecule has 0 heterocycles. The summed E-state index contributed by atoms with van der Waals surface area (Å²) in [6.45, 7) is 4.75. The molecule has 10 heteroatoms. The van der Waals surface area contributed by atoms with Crippen molar-refractivity contribution >= 4 is 19.2 Å². The highest BCUT2D eigenvalue weighted by Gasteiger charge is 2.43. The van der Waals surface area contributed by atoms with Crippen molar-refractivity contribution in [2.45, 2.75) is 26.3 Å². The smallest absolute Gasteiger partial charge is 0.342 e. The molecule has 134 valence electrons. The number of aliphatic carboxylic acids is 1. The second kappa shape index (κ2) is 7.74. The molecule has 9 nitrogen and oxygen atoms in total. The van der Waals surface area contributed by atoms with Crippen LogP contribution in [0.1, 0.15) is 20.8 Å². The first-order chi connectivity index (χ1) is 11.0. The summed E-state index contributed by atoms with van der Waals surface area (Å²) in [5.41, 5.74) is -1.65. The first-order valence-corrected chi connectivity index (χ1v) is 8.90. The highest BCUT2D eigenvalue weighted by atomic mass is 31.2. The Labute approximate surface area is 139 Å². The summed E-state index contributed by atoms with van der Waals surface area (Å²) in [5, 5.41) is 22.7. The van der Waals surface area contributed by atoms with Gasteiger partial charge in [-0.05, 0) is 25.0 Å². The number of nitro benzene ring substituents is 1. The Balaban J connectivity index is 3.09. The lowest BCUT2D eigenvalue weighted by atomic mass is 9.90. The second-order valence-corrected chi connectivity index (χ2v) is 7.72. The highest BCUT2D eigenvalue weighted by molar-refractivity contribution is 7.57. The van der Waals surface area contributed by atoms with Crippen LogP contribution >= 0.6 is 7.52 Å². The Kier molecular flexibility index (Phi) is 6.48. The third-order valence-corrected chi connectivity index (χ3v) is 5.51. The monoisotopic (exact) mass is 360 g/mol. The zero-order valence-corrected chi connectivity index (χ0v) is 14.8. The van der Waals surface area contributed by atoms with E-state index >= 15 is 0 Å². The van der Waals surface area contributed by atoms with Crippen molar-refractivity contribution in [3.8, 4) is 5.75 Å². The van der Waals surface area contributed by atoms with Gasteiger partial charge in [0.15, 0.2) is 0 Å². The summed E-state index contributed by atoms with van der Waals surface area (Å²) in [6.07, 6.45) is -0.362. The van der Waals surface area contributed by atoms with Crippen molar-refractivity contribution in [2.75, 3.05) is 13.5 Å². The number of rotatable bonds is 9. The van der Waals surface area contributed by atoms with Crippen molar-refractivity contribution < 1.29 is 28.7 Å². The number of carboxylic acid groups (broad SMARTS) is 1. The van der Waals surface area contributed by atoms with Crippen LogP contribution in [-0.2, 0) is 14.1 Å². The lowest BCUT2D eigenvalue weighted by molar-refractivity contribution is -0.384. The SMILES string of the molecule is COCP(=O)(NC(C)(C(=O)O)C(C)C)Oc1ccc([N+](=O)[O-])cc1. The minimum atomic E-state index is -3.73. The summed E-state index contributed by atoms with van der Waals surface area (Å²) in [7, 11) is -2.43. The molecule has 24 heavy (non-hydrogen) atoms. The number of nitrogens with one attached hydrogen (secondary N) is 1. The van der Waals surface area contributed by atoms with Crippen molar-refractivity contribution in [1.82, 2.24) is 5.09 Å². The molecule has 0 aliphatic heterocycles. The van der Waals surface area contributed by atoms with E-state index in [2.05, 4.69) is 5.09 Å². The molecular weight excluding hydrogens is 339 g/mol. The number of carbonyl (C=O) groups is 1. The van der Waals surface area contributed by atoms with Crippen molar-refractivity contribution in [2.24, 2.45) is 5.92 Å². The van der Waals surface area contributed by atoms with Gasteiger partial charge >= 0.3 is 13.5 Å². The van der Waals surface area contributed by atoms with Crippen LogP contribution in [-0.4, -0.2) is 35.0 Å². The van der Waals surface area contributed by atoms with E-state index in [-0.39, 0.29) is 23.7 Å². The summed E-state index contributed by atoms with van der Waals surface area (Å²) in [6, 6.07) is 4.97. The van der Waals surface area contributed by atoms with Crippen LogP contribution in [0.5, 0.6) is 5.75 Å². The van der Waals surface area contributed by atoms with Crippen LogP contribution in [0.3, 0.4) is 0 Å². The maximum absolute atomic E-state index is 13.0. The number of carboxylic acids is 1. The third kappa shape index (κ3) is 4.77. The summed E-state index contributed by atoms with van der Waals surface area (Å²) in [5.74, 6) is -1.47. The first kappa shape index (κ1) is 20.1. The second-order valence-electron chi connectivity index (χ2n) is 5.71. The van der Waals surface area contributed by atoms with Crippen LogP contribution in [0.25, 0.3) is 0 Å². The minimum Gasteiger partial charge on any atom is -0.480 e. The first-order valence-electron chi connectivity index (χ1n) is 7.09. The molecule has 0 saturated carbocycles. The molecule has 0 amide bonds. The number of hydrogen-bond acceptors (Lipinski definition) is 6. The molecule has 1 aromatic carbocycles. The molecule has 0 saturated heterocycles. The van der Waals surface area contributed by atoms with E-state index in [1.54, 1.807) is 13.8 Å². The summed E-state index contributed by atoms with van der Waals surface area (Å²) < 4.78 is 23.3. The molecule has 2 unspecified atom stereocenters. The maximum atomic E-state index is 13.0. The fraction of sp³-hybridized carbons (Fsp3) is 0.500. The molecule has 2 N–H and O–H groups in total. The van der Waals surface area contributed by atoms with E-state index in [1.165, 1.54) is 38.3 Å². The number of nitrogens with zero attached hydrogens (tertiary/aromatic N) is 1. The normalized spacial score (nSPS) is 16.2. The van der Waals surface area contributed by atoms with E-state index in [1.807, 2.05) is 0 Å². The van der Waals surface area contributed by atoms with Crippen LogP contribution in [0.4, 0.5) is 5.69 Å². The molecule has 0 aliphatic carbocycles. The molecule has 1 aromatic rings. The predicted molar refractivity (Wildman–Crippen MR) is 87.2 cm³/mol. The number of hydrogen-bond donors (Lipinski definition) is 2. The number of ether oxygens (including phenoxy) is 1. The molecule has 2 atom stereocenters. The van der Waals surface area contributed by atoms with Crippen LogP contribution in [0.15, 0.2) is 24.3 Å². The number of benzene rings is 1. The lowest BCUT2D eigenvalue weighted by Gasteiger charge is -2.34. The van der Waals surface area contributed by atoms with Crippen LogP contribution in [0.2, 0.25) is 0 Å². The van der Waals surface area contributed by atoms with Gasteiger partial charge in [0.2, 0.25) is 0 Å². The predicted octanol–water partition coefficient (Wildman–Crippen LogP) is 2.86. The number of methoxy groups -OCH3 is 1. The summed E-state index contributed by atoms with van der Waals surface area (Å²) >= 11 is 0. The number of nitro groups is 1. The van der Waals surface area contributed by atoms with Crippen molar-refractivity contribution in [3.63, 3.8) is 0 Å². The van der Waals surface area contributed by atoms with Crippen LogP contribution < -0.4 is 9.61 Å². The van der Waals surface area contributed by atoms with Gasteiger partial charge in [0.25, 0.3) is 5.69 Å². The van der Waals surface area contributed by atoms with Gasteiger partial charge in [0.05, 0.1) is 4.92 Å². The van der Waals surface area contributed by atoms with Gasteiger partial charge in [0, 0.05) is 19.2 Å². The topological polar surface area (TPSA) is 128 Å². The van der Waals surface area contributed by atoms with Gasteiger partial charge < -0.3 is 14.4 Å². The van der Waals surface area contributed by atoms with E-state index in [4.69, 9.17) is 9.26 Å². The average Bonchev–Trinajstić information content (AvgIpc) is 2.47. The molecule has 0 bridgehead atoms. The molecule has 0 aromatic heterocycles. The molecule has 0 radical (unpaired) electrons. The standard InChI is InChI=1S/C14H21N2O7P/c1-10(2)14(3,13(17)18)15-24(21,9-22-4)23-12-7-5-11(6-8-12)16(19)20/h5-8,10H,9H2,1-4H3,(H,15,21)(H,17,18). The maximum Gasteiger partial charge on any atom is 0.342 e. The lowest BCUT2D eigenvalue weighted by Crippen LogP contribution is -2.52. The van der Waals surface area contributed by atoms with Gasteiger partial charge in [-0.2, -0.15) is 0 Å². The molecule has 0 spiro atoms. The van der Waals surface area contributed by atoms with Crippen molar-refractivity contribution in [1.29, 1.82) is 0 Å². The third-order valence-electron chi connectivity index (χ3n) is 3.60. The molecule has 0 fully saturated rings. The van der Waals surface area contributed by atoms with Gasteiger partial charge in [-0.3, -0.25) is 19.5 Å². The van der Waals surface area contributed by atoms with Crippen LogP contribution in [0, 0.1) is 16.0 Å². The van der Waals surface area contributed by atoms with Gasteiger partial charge in [0.1, 0.15) is 17.6 Å². The van der Waals surface area contributed by atoms with E-state index in [9.17, 15) is 24.6 Å². The Hall–Kier alpha value is -1.96. The van der Waals surface area contributed by atoms with E-state index < -0.39 is 24.0 Å². The van der Waals surface area contributed by atoms with Crippen molar-refractivity contribution in [3.05, 3.63) is 34.4 Å². The van der Waals surface area contributed by atoms with Gasteiger partial charge in [-0.1, -0.05) is 13.8 Å². The summed E-state index contributed by atoms with van der Waals surface area (Å²) in [4.78, 5) is 21.6. The average molecular weight is 360 g/mol.